The van der Waals surface area contributed by atoms with E-state index in [0.717, 1.165) is 23.7 Å². The van der Waals surface area contributed by atoms with E-state index in [4.69, 9.17) is 0 Å². The topological polar surface area (TPSA) is 22.0 Å². The maximum absolute atomic E-state index is 12.2. The molecule has 0 fully saturated rings. The van der Waals surface area contributed by atoms with E-state index in [1.165, 1.54) is 25.7 Å². The molecule has 0 bridgehead atoms. The van der Waals surface area contributed by atoms with Crippen molar-refractivity contribution in [3.63, 3.8) is 0 Å². The number of aromatic nitrogens is 1. The third kappa shape index (κ3) is 3.00. The van der Waals surface area contributed by atoms with Gasteiger partial charge in [0.15, 0.2) is 0 Å². The van der Waals surface area contributed by atoms with Crippen molar-refractivity contribution < 1.29 is 0 Å². The average Bonchev–Trinajstić information content (AvgIpc) is 2.41. The van der Waals surface area contributed by atoms with E-state index in [-0.39, 0.29) is 5.56 Å². The van der Waals surface area contributed by atoms with Crippen molar-refractivity contribution in [1.82, 2.24) is 4.57 Å². The minimum absolute atomic E-state index is 0.142. The van der Waals surface area contributed by atoms with Crippen LogP contribution >= 0.6 is 0 Å². The van der Waals surface area contributed by atoms with Crippen LogP contribution in [0.5, 0.6) is 0 Å². The molecule has 96 valence electrons. The highest BCUT2D eigenvalue weighted by molar-refractivity contribution is 5.81. The third-order valence-electron chi connectivity index (χ3n) is 3.39. The van der Waals surface area contributed by atoms with E-state index in [0.29, 0.717) is 0 Å². The standard InChI is InChI=1S/C16H21NO/c1-2-3-4-5-8-12-17-13-11-14-9-6-7-10-15(14)16(17)18/h6-7,9-11,13H,2-5,8,12H2,1H3. The second-order valence-electron chi connectivity index (χ2n) is 4.82. The Bertz CT molecular complexity index is 556. The lowest BCUT2D eigenvalue weighted by Crippen LogP contribution is -2.19. The summed E-state index contributed by atoms with van der Waals surface area (Å²) in [5.74, 6) is 0. The van der Waals surface area contributed by atoms with Crippen LogP contribution < -0.4 is 5.56 Å². The number of hydrogen-bond donors (Lipinski definition) is 0. The summed E-state index contributed by atoms with van der Waals surface area (Å²) in [4.78, 5) is 12.2. The molecule has 0 aliphatic carbocycles. The Morgan fingerprint density at radius 3 is 2.61 bits per heavy atom. The van der Waals surface area contributed by atoms with Crippen LogP contribution in [0.15, 0.2) is 41.3 Å². The molecule has 0 atom stereocenters. The summed E-state index contributed by atoms with van der Waals surface area (Å²) in [5.41, 5.74) is 0.142. The van der Waals surface area contributed by atoms with E-state index in [2.05, 4.69) is 6.92 Å². The molecule has 0 aliphatic heterocycles. The molecule has 0 saturated carbocycles. The van der Waals surface area contributed by atoms with Crippen molar-refractivity contribution in [2.75, 3.05) is 0 Å². The number of rotatable bonds is 6. The number of aryl methyl sites for hydroxylation is 1. The van der Waals surface area contributed by atoms with Gasteiger partial charge in [-0.05, 0) is 23.9 Å². The minimum atomic E-state index is 0.142. The van der Waals surface area contributed by atoms with Crippen molar-refractivity contribution in [1.29, 1.82) is 0 Å². The largest absolute Gasteiger partial charge is 0.315 e. The predicted molar refractivity (Wildman–Crippen MR) is 77.0 cm³/mol. The van der Waals surface area contributed by atoms with Crippen LogP contribution in [-0.4, -0.2) is 4.57 Å². The van der Waals surface area contributed by atoms with Crippen molar-refractivity contribution in [3.8, 4) is 0 Å². The number of pyridine rings is 1. The molecule has 1 heterocycles. The second kappa shape index (κ2) is 6.39. The molecule has 0 radical (unpaired) electrons. The van der Waals surface area contributed by atoms with Gasteiger partial charge < -0.3 is 4.57 Å². The first-order valence-electron chi connectivity index (χ1n) is 6.91. The Balaban J connectivity index is 2.05. The summed E-state index contributed by atoms with van der Waals surface area (Å²) in [6.07, 6.45) is 8.07. The molecule has 2 rings (SSSR count). The molecule has 2 nitrogen and oxygen atoms in total. The van der Waals surface area contributed by atoms with Gasteiger partial charge in [0.05, 0.1) is 0 Å². The van der Waals surface area contributed by atoms with Gasteiger partial charge in [-0.2, -0.15) is 0 Å². The maximum atomic E-state index is 12.2. The molecule has 0 aliphatic rings. The Morgan fingerprint density at radius 2 is 1.78 bits per heavy atom. The van der Waals surface area contributed by atoms with E-state index >= 15 is 0 Å². The summed E-state index contributed by atoms with van der Waals surface area (Å²) in [5, 5.41) is 1.86. The Labute approximate surface area is 108 Å². The number of fused-ring (bicyclic) bond motifs is 1. The van der Waals surface area contributed by atoms with Crippen LogP contribution in [0.2, 0.25) is 0 Å². The van der Waals surface area contributed by atoms with Crippen LogP contribution in [-0.2, 0) is 6.54 Å². The first kappa shape index (κ1) is 12.9. The molecular weight excluding hydrogens is 222 g/mol. The number of benzene rings is 1. The molecule has 0 unspecified atom stereocenters. The molecule has 0 saturated heterocycles. The van der Waals surface area contributed by atoms with Crippen molar-refractivity contribution >= 4 is 10.8 Å². The van der Waals surface area contributed by atoms with Gasteiger partial charge in [0, 0.05) is 18.1 Å². The fraction of sp³-hybridized carbons (Fsp3) is 0.438. The van der Waals surface area contributed by atoms with Gasteiger partial charge in [-0.3, -0.25) is 4.79 Å². The lowest BCUT2D eigenvalue weighted by atomic mass is 10.1. The van der Waals surface area contributed by atoms with Gasteiger partial charge in [-0.15, -0.1) is 0 Å². The van der Waals surface area contributed by atoms with Crippen molar-refractivity contribution in [2.24, 2.45) is 0 Å². The van der Waals surface area contributed by atoms with Gasteiger partial charge in [-0.1, -0.05) is 50.8 Å². The van der Waals surface area contributed by atoms with Crippen LogP contribution in [0, 0.1) is 0 Å². The van der Waals surface area contributed by atoms with Gasteiger partial charge in [0.25, 0.3) is 5.56 Å². The highest BCUT2D eigenvalue weighted by Gasteiger charge is 2.01. The Morgan fingerprint density at radius 1 is 1.00 bits per heavy atom. The minimum Gasteiger partial charge on any atom is -0.315 e. The van der Waals surface area contributed by atoms with Crippen LogP contribution in [0.1, 0.15) is 39.0 Å². The molecule has 2 aromatic rings. The summed E-state index contributed by atoms with van der Waals surface area (Å²) in [7, 11) is 0. The maximum Gasteiger partial charge on any atom is 0.258 e. The molecule has 2 heteroatoms. The molecule has 0 N–H and O–H groups in total. The van der Waals surface area contributed by atoms with E-state index < -0.39 is 0 Å². The van der Waals surface area contributed by atoms with Gasteiger partial charge in [-0.25, -0.2) is 0 Å². The molecule has 1 aromatic heterocycles. The number of unbranched alkanes of at least 4 members (excludes halogenated alkanes) is 4. The lowest BCUT2D eigenvalue weighted by Gasteiger charge is -2.07. The van der Waals surface area contributed by atoms with Crippen molar-refractivity contribution in [2.45, 2.75) is 45.6 Å². The zero-order valence-corrected chi connectivity index (χ0v) is 11.1. The van der Waals surface area contributed by atoms with Crippen LogP contribution in [0.3, 0.4) is 0 Å². The van der Waals surface area contributed by atoms with Crippen LogP contribution in [0.25, 0.3) is 10.8 Å². The second-order valence-corrected chi connectivity index (χ2v) is 4.82. The van der Waals surface area contributed by atoms with E-state index in [1.807, 2.05) is 41.1 Å². The zero-order chi connectivity index (χ0) is 12.8. The van der Waals surface area contributed by atoms with Gasteiger partial charge >= 0.3 is 0 Å². The summed E-state index contributed by atoms with van der Waals surface area (Å²) in [6.45, 7) is 3.06. The Kier molecular flexibility index (Phi) is 4.57. The summed E-state index contributed by atoms with van der Waals surface area (Å²) in [6, 6.07) is 9.82. The molecule has 0 amide bonds. The fourth-order valence-electron chi connectivity index (χ4n) is 2.29. The van der Waals surface area contributed by atoms with Crippen LogP contribution in [0.4, 0.5) is 0 Å². The molecule has 1 aromatic carbocycles. The quantitative estimate of drug-likeness (QED) is 0.704. The lowest BCUT2D eigenvalue weighted by molar-refractivity contribution is 0.560. The monoisotopic (exact) mass is 243 g/mol. The summed E-state index contributed by atoms with van der Waals surface area (Å²) >= 11 is 0. The number of nitrogens with zero attached hydrogens (tertiary/aromatic N) is 1. The predicted octanol–water partition coefficient (Wildman–Crippen LogP) is 3.97. The Hall–Kier alpha value is -1.57. The average molecular weight is 243 g/mol. The molecule has 0 spiro atoms. The number of hydrogen-bond acceptors (Lipinski definition) is 1. The van der Waals surface area contributed by atoms with Gasteiger partial charge in [0.1, 0.15) is 0 Å². The third-order valence-corrected chi connectivity index (χ3v) is 3.39. The molecule has 18 heavy (non-hydrogen) atoms. The summed E-state index contributed by atoms with van der Waals surface area (Å²) < 4.78 is 1.84. The molecular formula is C16H21NO. The van der Waals surface area contributed by atoms with Crippen molar-refractivity contribution in [3.05, 3.63) is 46.9 Å². The van der Waals surface area contributed by atoms with Gasteiger partial charge in [0.2, 0.25) is 0 Å². The van der Waals surface area contributed by atoms with E-state index in [1.54, 1.807) is 0 Å². The highest BCUT2D eigenvalue weighted by Crippen LogP contribution is 2.09. The first-order valence-corrected chi connectivity index (χ1v) is 6.91. The zero-order valence-electron chi connectivity index (χ0n) is 11.1. The highest BCUT2D eigenvalue weighted by atomic mass is 16.1. The first-order chi connectivity index (χ1) is 8.83. The SMILES string of the molecule is CCCCCCCn1ccc2ccccc2c1=O. The fourth-order valence-corrected chi connectivity index (χ4v) is 2.29. The normalized spacial score (nSPS) is 10.9. The smallest absolute Gasteiger partial charge is 0.258 e. The van der Waals surface area contributed by atoms with E-state index in [9.17, 15) is 4.79 Å².